The molecule has 112 valence electrons. The van der Waals surface area contributed by atoms with Crippen LogP contribution >= 0.6 is 11.5 Å². The Labute approximate surface area is 126 Å². The summed E-state index contributed by atoms with van der Waals surface area (Å²) < 4.78 is 4.46. The zero-order chi connectivity index (χ0) is 14.2. The van der Waals surface area contributed by atoms with Crippen molar-refractivity contribution in [3.8, 4) is 0 Å². The molecule has 0 aromatic carbocycles. The topological polar surface area (TPSA) is 41.0 Å². The second-order valence-electron chi connectivity index (χ2n) is 7.09. The SMILES string of the molecule is CC1CCCN(C(C)(C)CNc2nc(C3CC3)ns2)C1. The number of hydrogen-bond donors (Lipinski definition) is 1. The highest BCUT2D eigenvalue weighted by Gasteiger charge is 2.31. The van der Waals surface area contributed by atoms with Crippen molar-refractivity contribution in [2.75, 3.05) is 25.0 Å². The molecule has 1 saturated heterocycles. The zero-order valence-corrected chi connectivity index (χ0v) is 13.7. The fraction of sp³-hybridized carbons (Fsp3) is 0.867. The molecule has 20 heavy (non-hydrogen) atoms. The predicted octanol–water partition coefficient (Wildman–Crippen LogP) is 3.34. The number of anilines is 1. The maximum absolute atomic E-state index is 4.61. The van der Waals surface area contributed by atoms with E-state index in [2.05, 4.69) is 40.3 Å². The molecule has 3 rings (SSSR count). The van der Waals surface area contributed by atoms with E-state index in [-0.39, 0.29) is 5.54 Å². The number of nitrogens with one attached hydrogen (secondary N) is 1. The van der Waals surface area contributed by atoms with Crippen molar-refractivity contribution in [3.63, 3.8) is 0 Å². The van der Waals surface area contributed by atoms with Gasteiger partial charge in [-0.25, -0.2) is 4.98 Å². The summed E-state index contributed by atoms with van der Waals surface area (Å²) in [5, 5.41) is 4.49. The minimum absolute atomic E-state index is 0.181. The molecule has 1 aliphatic carbocycles. The van der Waals surface area contributed by atoms with Crippen LogP contribution in [0.4, 0.5) is 5.13 Å². The molecule has 1 saturated carbocycles. The molecule has 1 aromatic rings. The molecule has 0 spiro atoms. The maximum Gasteiger partial charge on any atom is 0.202 e. The molecule has 1 aromatic heterocycles. The average molecular weight is 294 g/mol. The highest BCUT2D eigenvalue weighted by molar-refractivity contribution is 7.09. The van der Waals surface area contributed by atoms with Gasteiger partial charge in [0.25, 0.3) is 0 Å². The van der Waals surface area contributed by atoms with Gasteiger partial charge in [0.2, 0.25) is 5.13 Å². The van der Waals surface area contributed by atoms with Gasteiger partial charge < -0.3 is 5.32 Å². The first-order valence-electron chi connectivity index (χ1n) is 7.87. The van der Waals surface area contributed by atoms with Gasteiger partial charge in [0, 0.05) is 36.1 Å². The van der Waals surface area contributed by atoms with Crippen molar-refractivity contribution in [3.05, 3.63) is 5.82 Å². The molecule has 1 unspecified atom stereocenters. The molecule has 0 radical (unpaired) electrons. The van der Waals surface area contributed by atoms with E-state index in [0.29, 0.717) is 5.92 Å². The van der Waals surface area contributed by atoms with Crippen molar-refractivity contribution >= 4 is 16.7 Å². The van der Waals surface area contributed by atoms with E-state index in [0.717, 1.165) is 23.4 Å². The molecule has 1 aliphatic heterocycles. The van der Waals surface area contributed by atoms with Gasteiger partial charge in [-0.05, 0) is 52.0 Å². The van der Waals surface area contributed by atoms with Gasteiger partial charge in [0.1, 0.15) is 5.82 Å². The van der Waals surface area contributed by atoms with Crippen LogP contribution in [0.2, 0.25) is 0 Å². The molecular weight excluding hydrogens is 268 g/mol. The van der Waals surface area contributed by atoms with Crippen LogP contribution in [0, 0.1) is 5.92 Å². The van der Waals surface area contributed by atoms with E-state index >= 15 is 0 Å². The summed E-state index contributed by atoms with van der Waals surface area (Å²) in [5.74, 6) is 2.53. The second kappa shape index (κ2) is 5.60. The lowest BCUT2D eigenvalue weighted by molar-refractivity contribution is 0.0801. The quantitative estimate of drug-likeness (QED) is 0.904. The molecule has 2 heterocycles. The fourth-order valence-electron chi connectivity index (χ4n) is 2.96. The van der Waals surface area contributed by atoms with Crippen LogP contribution < -0.4 is 5.32 Å². The molecule has 2 fully saturated rings. The zero-order valence-electron chi connectivity index (χ0n) is 12.9. The summed E-state index contributed by atoms with van der Waals surface area (Å²) in [7, 11) is 0. The van der Waals surface area contributed by atoms with Gasteiger partial charge in [0.15, 0.2) is 0 Å². The highest BCUT2D eigenvalue weighted by atomic mass is 32.1. The van der Waals surface area contributed by atoms with Crippen LogP contribution in [0.3, 0.4) is 0 Å². The van der Waals surface area contributed by atoms with E-state index in [4.69, 9.17) is 0 Å². The summed E-state index contributed by atoms with van der Waals surface area (Å²) in [6.07, 6.45) is 5.25. The lowest BCUT2D eigenvalue weighted by Crippen LogP contribution is -2.52. The number of piperidine rings is 1. The number of rotatable bonds is 5. The molecule has 1 atom stereocenters. The smallest absolute Gasteiger partial charge is 0.202 e. The Balaban J connectivity index is 1.54. The van der Waals surface area contributed by atoms with E-state index in [1.54, 1.807) is 0 Å². The van der Waals surface area contributed by atoms with Crippen molar-refractivity contribution in [1.82, 2.24) is 14.3 Å². The maximum atomic E-state index is 4.61. The average Bonchev–Trinajstić information content (AvgIpc) is 3.16. The molecule has 4 nitrogen and oxygen atoms in total. The van der Waals surface area contributed by atoms with Gasteiger partial charge in [0.05, 0.1) is 0 Å². The van der Waals surface area contributed by atoms with Crippen LogP contribution in [0.1, 0.15) is 58.2 Å². The molecule has 2 aliphatic rings. The van der Waals surface area contributed by atoms with E-state index in [1.165, 1.54) is 50.3 Å². The van der Waals surface area contributed by atoms with E-state index < -0.39 is 0 Å². The Morgan fingerprint density at radius 1 is 1.35 bits per heavy atom. The monoisotopic (exact) mass is 294 g/mol. The Kier molecular flexibility index (Phi) is 4.00. The van der Waals surface area contributed by atoms with Crippen molar-refractivity contribution in [2.45, 2.75) is 57.9 Å². The fourth-order valence-corrected chi connectivity index (χ4v) is 3.60. The third kappa shape index (κ3) is 3.31. The number of nitrogens with zero attached hydrogens (tertiary/aromatic N) is 3. The standard InChI is InChI=1S/C15H26N4S/c1-11-5-4-8-19(9-11)15(2,3)10-16-14-17-13(18-20-14)12-6-7-12/h11-12H,4-10H2,1-3H3,(H,16,17,18). The van der Waals surface area contributed by atoms with Gasteiger partial charge >= 0.3 is 0 Å². The third-order valence-corrected chi connectivity index (χ3v) is 5.26. The normalized spacial score (nSPS) is 24.9. The Bertz CT molecular complexity index is 452. The summed E-state index contributed by atoms with van der Waals surface area (Å²) in [6.45, 7) is 10.4. The minimum atomic E-state index is 0.181. The highest BCUT2D eigenvalue weighted by Crippen LogP contribution is 2.39. The van der Waals surface area contributed by atoms with Crippen molar-refractivity contribution in [2.24, 2.45) is 5.92 Å². The Hall–Kier alpha value is -0.680. The van der Waals surface area contributed by atoms with Crippen LogP contribution in [-0.4, -0.2) is 39.4 Å². The minimum Gasteiger partial charge on any atom is -0.358 e. The first kappa shape index (κ1) is 14.3. The van der Waals surface area contributed by atoms with Gasteiger partial charge in [-0.2, -0.15) is 4.37 Å². The largest absolute Gasteiger partial charge is 0.358 e. The first-order valence-corrected chi connectivity index (χ1v) is 8.64. The van der Waals surface area contributed by atoms with Gasteiger partial charge in [-0.15, -0.1) is 0 Å². The lowest BCUT2D eigenvalue weighted by Gasteiger charge is -2.43. The lowest BCUT2D eigenvalue weighted by atomic mass is 9.93. The van der Waals surface area contributed by atoms with Crippen LogP contribution in [0.25, 0.3) is 0 Å². The molecule has 1 N–H and O–H groups in total. The molecular formula is C15H26N4S. The number of likely N-dealkylation sites (tertiary alicyclic amines) is 1. The van der Waals surface area contributed by atoms with Crippen molar-refractivity contribution < 1.29 is 0 Å². The van der Waals surface area contributed by atoms with Crippen LogP contribution in [-0.2, 0) is 0 Å². The van der Waals surface area contributed by atoms with Crippen LogP contribution in [0.5, 0.6) is 0 Å². The number of aromatic nitrogens is 2. The molecule has 5 heteroatoms. The summed E-state index contributed by atoms with van der Waals surface area (Å²) in [4.78, 5) is 7.24. The summed E-state index contributed by atoms with van der Waals surface area (Å²) in [6, 6.07) is 0. The summed E-state index contributed by atoms with van der Waals surface area (Å²) >= 11 is 1.52. The molecule has 0 amide bonds. The van der Waals surface area contributed by atoms with Crippen molar-refractivity contribution in [1.29, 1.82) is 0 Å². The molecule has 0 bridgehead atoms. The second-order valence-corrected chi connectivity index (χ2v) is 7.84. The van der Waals surface area contributed by atoms with E-state index in [1.807, 2.05) is 0 Å². The van der Waals surface area contributed by atoms with E-state index in [9.17, 15) is 0 Å². The van der Waals surface area contributed by atoms with Crippen LogP contribution in [0.15, 0.2) is 0 Å². The predicted molar refractivity (Wildman–Crippen MR) is 84.4 cm³/mol. The number of hydrogen-bond acceptors (Lipinski definition) is 5. The van der Waals surface area contributed by atoms with Gasteiger partial charge in [-0.3, -0.25) is 4.90 Å². The third-order valence-electron chi connectivity index (χ3n) is 4.57. The Morgan fingerprint density at radius 2 is 2.15 bits per heavy atom. The summed E-state index contributed by atoms with van der Waals surface area (Å²) in [5.41, 5.74) is 0.181. The Morgan fingerprint density at radius 3 is 2.85 bits per heavy atom. The first-order chi connectivity index (χ1) is 9.54. The van der Waals surface area contributed by atoms with Gasteiger partial charge in [-0.1, -0.05) is 6.92 Å².